The second-order valence-corrected chi connectivity index (χ2v) is 6.55. The van der Waals surface area contributed by atoms with Crippen LogP contribution in [0.4, 0.5) is 0 Å². The number of carbonyl (C=O) groups excluding carboxylic acids is 1. The van der Waals surface area contributed by atoms with Crippen LogP contribution in [0.15, 0.2) is 29.3 Å². The molecule has 1 aliphatic heterocycles. The van der Waals surface area contributed by atoms with Crippen molar-refractivity contribution in [3.63, 3.8) is 0 Å². The highest BCUT2D eigenvalue weighted by atomic mass is 16.5. The van der Waals surface area contributed by atoms with Crippen LogP contribution in [-0.2, 0) is 9.47 Å². The van der Waals surface area contributed by atoms with Gasteiger partial charge in [-0.2, -0.15) is 4.99 Å². The summed E-state index contributed by atoms with van der Waals surface area (Å²) < 4.78 is 10.8. The molecule has 0 bridgehead atoms. The quantitative estimate of drug-likeness (QED) is 0.464. The maximum atomic E-state index is 12.5. The molecule has 1 saturated heterocycles. The van der Waals surface area contributed by atoms with Crippen molar-refractivity contribution in [1.82, 2.24) is 9.80 Å². The number of amidine groups is 1. The summed E-state index contributed by atoms with van der Waals surface area (Å²) in [6.07, 6.45) is 2.05. The Morgan fingerprint density at radius 2 is 1.88 bits per heavy atom. The lowest BCUT2D eigenvalue weighted by Crippen LogP contribution is -2.45. The molecule has 0 unspecified atom stereocenters. The number of carbonyl (C=O) groups is 1. The molecule has 0 radical (unpaired) electrons. The van der Waals surface area contributed by atoms with Crippen LogP contribution in [0.1, 0.15) is 28.8 Å². The predicted octanol–water partition coefficient (Wildman–Crippen LogP) is 2.18. The Kier molecular flexibility index (Phi) is 7.40. The number of ether oxygens (including phenoxy) is 2. The third-order valence-corrected chi connectivity index (χ3v) is 4.55. The highest BCUT2D eigenvalue weighted by molar-refractivity contribution is 6.01. The van der Waals surface area contributed by atoms with Gasteiger partial charge >= 0.3 is 0 Å². The van der Waals surface area contributed by atoms with E-state index < -0.39 is 0 Å². The third-order valence-electron chi connectivity index (χ3n) is 4.55. The van der Waals surface area contributed by atoms with Gasteiger partial charge in [0.15, 0.2) is 0 Å². The Balaban J connectivity index is 2.12. The number of hydrogen-bond donors (Lipinski definition) is 0. The Bertz CT molecular complexity index is 578. The zero-order valence-corrected chi connectivity index (χ0v) is 15.7. The standard InChI is InChI=1S/C19H29N3O3/c1-15-5-7-16(8-6-15)18(23)20-19(25-14-13-24-4)22(3)17-9-11-21(2)12-10-17/h5-8,17H,9-14H2,1-4H3. The van der Waals surface area contributed by atoms with Crippen LogP contribution in [0.3, 0.4) is 0 Å². The number of aryl methyl sites for hydroxylation is 1. The first-order valence-corrected chi connectivity index (χ1v) is 8.74. The van der Waals surface area contributed by atoms with Gasteiger partial charge in [0, 0.05) is 25.8 Å². The van der Waals surface area contributed by atoms with E-state index >= 15 is 0 Å². The predicted molar refractivity (Wildman–Crippen MR) is 99.1 cm³/mol. The molecule has 25 heavy (non-hydrogen) atoms. The molecule has 6 heteroatoms. The lowest BCUT2D eigenvalue weighted by molar-refractivity contribution is 0.0965. The maximum Gasteiger partial charge on any atom is 0.295 e. The summed E-state index contributed by atoms with van der Waals surface area (Å²) in [7, 11) is 5.70. The van der Waals surface area contributed by atoms with E-state index in [1.54, 1.807) is 19.2 Å². The summed E-state index contributed by atoms with van der Waals surface area (Å²) in [6, 6.07) is 8.11. The molecular weight excluding hydrogens is 318 g/mol. The molecule has 1 aromatic rings. The second kappa shape index (κ2) is 9.53. The van der Waals surface area contributed by atoms with E-state index in [1.165, 1.54) is 0 Å². The fourth-order valence-electron chi connectivity index (χ4n) is 2.82. The van der Waals surface area contributed by atoms with E-state index in [1.807, 2.05) is 31.0 Å². The number of amides is 1. The average Bonchev–Trinajstić information content (AvgIpc) is 2.61. The number of piperidine rings is 1. The first-order chi connectivity index (χ1) is 12.0. The normalized spacial score (nSPS) is 16.7. The van der Waals surface area contributed by atoms with Gasteiger partial charge in [-0.15, -0.1) is 0 Å². The van der Waals surface area contributed by atoms with Crippen molar-refractivity contribution in [1.29, 1.82) is 0 Å². The van der Waals surface area contributed by atoms with Gasteiger partial charge < -0.3 is 19.3 Å². The van der Waals surface area contributed by atoms with Gasteiger partial charge in [-0.3, -0.25) is 4.79 Å². The number of aliphatic imine (C=N–C) groups is 1. The minimum absolute atomic E-state index is 0.285. The van der Waals surface area contributed by atoms with Gasteiger partial charge in [0.05, 0.1) is 6.61 Å². The van der Waals surface area contributed by atoms with Gasteiger partial charge in [0.25, 0.3) is 11.9 Å². The van der Waals surface area contributed by atoms with E-state index in [9.17, 15) is 4.79 Å². The summed E-state index contributed by atoms with van der Waals surface area (Å²) in [5.41, 5.74) is 1.68. The van der Waals surface area contributed by atoms with E-state index in [4.69, 9.17) is 9.47 Å². The molecule has 0 atom stereocenters. The summed E-state index contributed by atoms with van der Waals surface area (Å²) in [5, 5.41) is 0. The number of likely N-dealkylation sites (tertiary alicyclic amines) is 1. The monoisotopic (exact) mass is 347 g/mol. The van der Waals surface area contributed by atoms with Gasteiger partial charge in [-0.1, -0.05) is 17.7 Å². The molecule has 0 aliphatic carbocycles. The summed E-state index contributed by atoms with van der Waals surface area (Å²) in [4.78, 5) is 21.1. The van der Waals surface area contributed by atoms with E-state index in [0.717, 1.165) is 31.5 Å². The van der Waals surface area contributed by atoms with E-state index in [2.05, 4.69) is 16.9 Å². The molecule has 1 fully saturated rings. The van der Waals surface area contributed by atoms with Crippen LogP contribution in [0.25, 0.3) is 0 Å². The molecular formula is C19H29N3O3. The van der Waals surface area contributed by atoms with Crippen LogP contribution in [0, 0.1) is 6.92 Å². The number of rotatable bonds is 5. The summed E-state index contributed by atoms with van der Waals surface area (Å²) in [5.74, 6) is -0.285. The Morgan fingerprint density at radius 3 is 2.48 bits per heavy atom. The molecule has 1 heterocycles. The maximum absolute atomic E-state index is 12.5. The Labute approximate surface area is 150 Å². The molecule has 2 rings (SSSR count). The Morgan fingerprint density at radius 1 is 1.24 bits per heavy atom. The molecule has 0 aromatic heterocycles. The molecule has 6 nitrogen and oxygen atoms in total. The smallest absolute Gasteiger partial charge is 0.295 e. The zero-order valence-electron chi connectivity index (χ0n) is 15.7. The molecule has 0 spiro atoms. The van der Waals surface area contributed by atoms with Crippen LogP contribution in [-0.4, -0.2) is 75.3 Å². The van der Waals surface area contributed by atoms with Crippen molar-refractivity contribution in [3.8, 4) is 0 Å². The van der Waals surface area contributed by atoms with Crippen molar-refractivity contribution in [2.24, 2.45) is 4.99 Å². The topological polar surface area (TPSA) is 54.4 Å². The summed E-state index contributed by atoms with van der Waals surface area (Å²) in [6.45, 7) is 4.88. The first-order valence-electron chi connectivity index (χ1n) is 8.74. The van der Waals surface area contributed by atoms with Crippen LogP contribution in [0.5, 0.6) is 0 Å². The number of methoxy groups -OCH3 is 1. The highest BCUT2D eigenvalue weighted by Crippen LogP contribution is 2.16. The second-order valence-electron chi connectivity index (χ2n) is 6.55. The minimum Gasteiger partial charge on any atom is -0.462 e. The fourth-order valence-corrected chi connectivity index (χ4v) is 2.82. The molecule has 1 amide bonds. The Hall–Kier alpha value is -1.92. The summed E-state index contributed by atoms with van der Waals surface area (Å²) >= 11 is 0. The molecule has 1 aliphatic rings. The number of nitrogens with zero attached hydrogens (tertiary/aromatic N) is 3. The van der Waals surface area contributed by atoms with Gasteiger partial charge in [-0.05, 0) is 52.0 Å². The lowest BCUT2D eigenvalue weighted by Gasteiger charge is -2.36. The van der Waals surface area contributed by atoms with Crippen molar-refractivity contribution >= 4 is 11.9 Å². The lowest BCUT2D eigenvalue weighted by atomic mass is 10.0. The number of hydrogen-bond acceptors (Lipinski definition) is 4. The number of benzene rings is 1. The molecule has 0 N–H and O–H groups in total. The SMILES string of the molecule is COCCOC(=NC(=O)c1ccc(C)cc1)N(C)C1CCN(C)CC1. The van der Waals surface area contributed by atoms with Crippen molar-refractivity contribution in [2.75, 3.05) is 47.5 Å². The zero-order chi connectivity index (χ0) is 18.2. The van der Waals surface area contributed by atoms with Gasteiger partial charge in [-0.25, -0.2) is 0 Å². The van der Waals surface area contributed by atoms with Crippen molar-refractivity contribution < 1.29 is 14.3 Å². The van der Waals surface area contributed by atoms with Crippen LogP contribution in [0.2, 0.25) is 0 Å². The van der Waals surface area contributed by atoms with Crippen molar-refractivity contribution in [3.05, 3.63) is 35.4 Å². The van der Waals surface area contributed by atoms with Crippen LogP contribution < -0.4 is 0 Å². The largest absolute Gasteiger partial charge is 0.462 e. The molecule has 0 saturated carbocycles. The van der Waals surface area contributed by atoms with E-state index in [0.29, 0.717) is 30.8 Å². The van der Waals surface area contributed by atoms with Gasteiger partial charge in [0.1, 0.15) is 6.61 Å². The van der Waals surface area contributed by atoms with Crippen LogP contribution >= 0.6 is 0 Å². The highest BCUT2D eigenvalue weighted by Gasteiger charge is 2.24. The third kappa shape index (κ3) is 5.83. The van der Waals surface area contributed by atoms with Crippen molar-refractivity contribution in [2.45, 2.75) is 25.8 Å². The fraction of sp³-hybridized carbons (Fsp3) is 0.579. The minimum atomic E-state index is -0.285. The average molecular weight is 347 g/mol. The molecule has 1 aromatic carbocycles. The molecule has 138 valence electrons. The first kappa shape index (κ1) is 19.4. The van der Waals surface area contributed by atoms with E-state index in [-0.39, 0.29) is 5.91 Å². The van der Waals surface area contributed by atoms with Gasteiger partial charge in [0.2, 0.25) is 0 Å².